The lowest BCUT2D eigenvalue weighted by atomic mass is 9.85. The van der Waals surface area contributed by atoms with Gasteiger partial charge in [-0.3, -0.25) is 0 Å². The van der Waals surface area contributed by atoms with E-state index in [0.29, 0.717) is 23.4 Å². The highest BCUT2D eigenvalue weighted by molar-refractivity contribution is 5.82. The summed E-state index contributed by atoms with van der Waals surface area (Å²) >= 11 is 0. The molecule has 1 aromatic heterocycles. The van der Waals surface area contributed by atoms with Crippen LogP contribution >= 0.6 is 0 Å². The number of aryl methyl sites for hydroxylation is 1. The average molecular weight is 196 g/mol. The van der Waals surface area contributed by atoms with E-state index in [2.05, 4.69) is 5.16 Å². The van der Waals surface area contributed by atoms with Gasteiger partial charge in [0.1, 0.15) is 11.3 Å². The van der Waals surface area contributed by atoms with Gasteiger partial charge in [0.2, 0.25) is 0 Å². The van der Waals surface area contributed by atoms with Crippen molar-refractivity contribution in [3.8, 4) is 0 Å². The molecule has 1 aromatic rings. The smallest absolute Gasteiger partial charge is 0.328 e. The van der Waals surface area contributed by atoms with Crippen molar-refractivity contribution in [1.82, 2.24) is 5.16 Å². The molecule has 2 unspecified atom stereocenters. The molecule has 14 heavy (non-hydrogen) atoms. The number of fused-ring (bicyclic) bond motifs is 1. The Hall–Kier alpha value is -1.36. The number of carbonyl (C=O) groups is 1. The van der Waals surface area contributed by atoms with Crippen LogP contribution < -0.4 is 5.73 Å². The van der Waals surface area contributed by atoms with E-state index < -0.39 is 11.5 Å². The van der Waals surface area contributed by atoms with E-state index in [4.69, 9.17) is 15.4 Å². The number of nitrogens with two attached hydrogens (primary N) is 1. The fraction of sp³-hybridized carbons (Fsp3) is 0.556. The molecule has 1 aliphatic rings. The number of aromatic nitrogens is 1. The van der Waals surface area contributed by atoms with E-state index in [-0.39, 0.29) is 5.92 Å². The first-order valence-electron chi connectivity index (χ1n) is 4.45. The van der Waals surface area contributed by atoms with Gasteiger partial charge in [0.05, 0.1) is 5.69 Å². The van der Waals surface area contributed by atoms with Crippen LogP contribution in [0, 0.1) is 12.8 Å². The van der Waals surface area contributed by atoms with Gasteiger partial charge in [-0.2, -0.15) is 0 Å². The predicted octanol–water partition coefficient (Wildman–Crippen LogP) is 0.414. The standard InChI is InChI=1S/C9H12N2O3/c1-4-3-6-7(5(2)11-14-6)9(4,10)8(12)13/h4H,3,10H2,1-2H3,(H,12,13). The molecule has 0 radical (unpaired) electrons. The first kappa shape index (κ1) is 9.21. The van der Waals surface area contributed by atoms with Gasteiger partial charge < -0.3 is 15.4 Å². The SMILES string of the molecule is Cc1noc2c1C(N)(C(=O)O)C(C)C2. The normalized spacial score (nSPS) is 30.4. The molecule has 2 rings (SSSR count). The molecule has 0 fully saturated rings. The Morgan fingerprint density at radius 2 is 2.43 bits per heavy atom. The van der Waals surface area contributed by atoms with Gasteiger partial charge in [-0.1, -0.05) is 12.1 Å². The molecule has 5 nitrogen and oxygen atoms in total. The summed E-state index contributed by atoms with van der Waals surface area (Å²) in [6.45, 7) is 3.52. The molecule has 0 spiro atoms. The Kier molecular flexibility index (Phi) is 1.69. The van der Waals surface area contributed by atoms with Crippen molar-refractivity contribution in [3.63, 3.8) is 0 Å². The molecule has 0 saturated carbocycles. The van der Waals surface area contributed by atoms with Crippen LogP contribution in [0.2, 0.25) is 0 Å². The number of carboxylic acid groups (broad SMARTS) is 1. The van der Waals surface area contributed by atoms with Crippen molar-refractivity contribution < 1.29 is 14.4 Å². The Balaban J connectivity index is 2.63. The third-order valence-corrected chi connectivity index (χ3v) is 2.97. The summed E-state index contributed by atoms with van der Waals surface area (Å²) in [5.74, 6) is -0.564. The second-order valence-corrected chi connectivity index (χ2v) is 3.85. The minimum absolute atomic E-state index is 0.157. The zero-order valence-electron chi connectivity index (χ0n) is 8.07. The van der Waals surface area contributed by atoms with Crippen molar-refractivity contribution in [2.45, 2.75) is 25.8 Å². The van der Waals surface area contributed by atoms with Gasteiger partial charge in [0.15, 0.2) is 0 Å². The number of rotatable bonds is 1. The highest BCUT2D eigenvalue weighted by Gasteiger charge is 2.51. The van der Waals surface area contributed by atoms with Gasteiger partial charge in [-0.15, -0.1) is 0 Å². The fourth-order valence-electron chi connectivity index (χ4n) is 2.09. The molecule has 3 N–H and O–H groups in total. The van der Waals surface area contributed by atoms with E-state index in [0.717, 1.165) is 0 Å². The Labute approximate surface area is 80.9 Å². The van der Waals surface area contributed by atoms with Gasteiger partial charge in [-0.25, -0.2) is 4.79 Å². The monoisotopic (exact) mass is 196 g/mol. The van der Waals surface area contributed by atoms with E-state index >= 15 is 0 Å². The molecular weight excluding hydrogens is 184 g/mol. The zero-order valence-corrected chi connectivity index (χ0v) is 8.07. The molecule has 0 saturated heterocycles. The third-order valence-electron chi connectivity index (χ3n) is 2.97. The van der Waals surface area contributed by atoms with Crippen molar-refractivity contribution in [3.05, 3.63) is 17.0 Å². The summed E-state index contributed by atoms with van der Waals surface area (Å²) in [5.41, 5.74) is 5.70. The van der Waals surface area contributed by atoms with Crippen LogP contribution in [0.3, 0.4) is 0 Å². The van der Waals surface area contributed by atoms with Crippen LogP contribution in [0.1, 0.15) is 23.9 Å². The summed E-state index contributed by atoms with van der Waals surface area (Å²) in [7, 11) is 0. The Morgan fingerprint density at radius 1 is 1.79 bits per heavy atom. The molecule has 2 atom stereocenters. The molecule has 0 aromatic carbocycles. The van der Waals surface area contributed by atoms with Crippen LogP contribution in [-0.2, 0) is 16.8 Å². The molecule has 76 valence electrons. The van der Waals surface area contributed by atoms with E-state index in [1.807, 2.05) is 6.92 Å². The lowest BCUT2D eigenvalue weighted by Gasteiger charge is -2.24. The lowest BCUT2D eigenvalue weighted by molar-refractivity contribution is -0.145. The van der Waals surface area contributed by atoms with Crippen LogP contribution in [-0.4, -0.2) is 16.2 Å². The quantitative estimate of drug-likeness (QED) is 0.679. The van der Waals surface area contributed by atoms with Crippen molar-refractivity contribution in [1.29, 1.82) is 0 Å². The first-order chi connectivity index (χ1) is 6.48. The summed E-state index contributed by atoms with van der Waals surface area (Å²) in [6, 6.07) is 0. The Morgan fingerprint density at radius 3 is 3.00 bits per heavy atom. The summed E-state index contributed by atoms with van der Waals surface area (Å²) in [5, 5.41) is 12.9. The minimum Gasteiger partial charge on any atom is -0.480 e. The number of hydrogen-bond donors (Lipinski definition) is 2. The van der Waals surface area contributed by atoms with Crippen LogP contribution in [0.25, 0.3) is 0 Å². The highest BCUT2D eigenvalue weighted by atomic mass is 16.5. The van der Waals surface area contributed by atoms with E-state index in [9.17, 15) is 4.79 Å². The fourth-order valence-corrected chi connectivity index (χ4v) is 2.09. The van der Waals surface area contributed by atoms with Crippen LogP contribution in [0.4, 0.5) is 0 Å². The molecule has 1 aliphatic carbocycles. The van der Waals surface area contributed by atoms with Gasteiger partial charge in [0, 0.05) is 12.0 Å². The largest absolute Gasteiger partial charge is 0.480 e. The van der Waals surface area contributed by atoms with E-state index in [1.54, 1.807) is 6.92 Å². The topological polar surface area (TPSA) is 89.4 Å². The maximum atomic E-state index is 11.2. The number of hydrogen-bond acceptors (Lipinski definition) is 4. The minimum atomic E-state index is -1.33. The van der Waals surface area contributed by atoms with Crippen molar-refractivity contribution >= 4 is 5.97 Å². The maximum absolute atomic E-state index is 11.2. The average Bonchev–Trinajstić information content (AvgIpc) is 2.56. The first-order valence-corrected chi connectivity index (χ1v) is 4.45. The maximum Gasteiger partial charge on any atom is 0.328 e. The second-order valence-electron chi connectivity index (χ2n) is 3.85. The van der Waals surface area contributed by atoms with Crippen molar-refractivity contribution in [2.75, 3.05) is 0 Å². The highest BCUT2D eigenvalue weighted by Crippen LogP contribution is 2.41. The van der Waals surface area contributed by atoms with Gasteiger partial charge >= 0.3 is 5.97 Å². The number of nitrogens with zero attached hydrogens (tertiary/aromatic N) is 1. The number of carboxylic acids is 1. The summed E-state index contributed by atoms with van der Waals surface area (Å²) < 4.78 is 5.03. The Bertz CT molecular complexity index is 399. The molecule has 5 heteroatoms. The lowest BCUT2D eigenvalue weighted by Crippen LogP contribution is -2.48. The molecular formula is C9H12N2O3. The van der Waals surface area contributed by atoms with Crippen molar-refractivity contribution in [2.24, 2.45) is 11.7 Å². The van der Waals surface area contributed by atoms with Crippen LogP contribution in [0.15, 0.2) is 4.52 Å². The number of aliphatic carboxylic acids is 1. The van der Waals surface area contributed by atoms with E-state index in [1.165, 1.54) is 0 Å². The molecule has 0 bridgehead atoms. The zero-order chi connectivity index (χ0) is 10.5. The third kappa shape index (κ3) is 0.874. The molecule has 0 aliphatic heterocycles. The second kappa shape index (κ2) is 2.57. The summed E-state index contributed by atoms with van der Waals surface area (Å²) in [6.07, 6.45) is 0.541. The predicted molar refractivity (Wildman–Crippen MR) is 47.6 cm³/mol. The van der Waals surface area contributed by atoms with Gasteiger partial charge in [-0.05, 0) is 12.8 Å². The van der Waals surface area contributed by atoms with Gasteiger partial charge in [0.25, 0.3) is 0 Å². The van der Waals surface area contributed by atoms with Crippen LogP contribution in [0.5, 0.6) is 0 Å². The molecule has 0 amide bonds. The summed E-state index contributed by atoms with van der Waals surface area (Å²) in [4.78, 5) is 11.2. The molecule has 1 heterocycles.